The zero-order valence-corrected chi connectivity index (χ0v) is 13.1. The molecule has 0 aliphatic rings. The van der Waals surface area contributed by atoms with Crippen molar-refractivity contribution in [3.8, 4) is 22.8 Å². The first-order valence-electron chi connectivity index (χ1n) is 7.10. The second-order valence-corrected chi connectivity index (χ2v) is 5.44. The fraction of sp³-hybridized carbons (Fsp3) is 0.438. The monoisotopic (exact) mass is 289 g/mol. The van der Waals surface area contributed by atoms with Gasteiger partial charge in [-0.3, -0.25) is 4.68 Å². The van der Waals surface area contributed by atoms with E-state index in [1.165, 1.54) is 0 Å². The maximum Gasteiger partial charge on any atom is 0.132 e. The van der Waals surface area contributed by atoms with Gasteiger partial charge in [0.25, 0.3) is 0 Å². The number of nitrogen functional groups attached to an aromatic ring is 1. The highest BCUT2D eigenvalue weighted by Gasteiger charge is 2.14. The zero-order chi connectivity index (χ0) is 15.4. The number of rotatable bonds is 6. The molecule has 5 heteroatoms. The fourth-order valence-electron chi connectivity index (χ4n) is 2.15. The molecule has 0 atom stereocenters. The quantitative estimate of drug-likeness (QED) is 0.887. The van der Waals surface area contributed by atoms with Gasteiger partial charge in [-0.25, -0.2) is 0 Å². The molecule has 2 N–H and O–H groups in total. The summed E-state index contributed by atoms with van der Waals surface area (Å²) >= 11 is 0. The number of hydrogen-bond acceptors (Lipinski definition) is 4. The van der Waals surface area contributed by atoms with Crippen LogP contribution >= 0.6 is 0 Å². The Kier molecular flexibility index (Phi) is 4.73. The van der Waals surface area contributed by atoms with Crippen LogP contribution in [0, 0.1) is 5.92 Å². The molecule has 0 unspecified atom stereocenters. The first-order chi connectivity index (χ1) is 10.0. The summed E-state index contributed by atoms with van der Waals surface area (Å²) in [6, 6.07) is 5.63. The lowest BCUT2D eigenvalue weighted by molar-refractivity contribution is 0.395. The standard InChI is InChI=1S/C16H23N3O2/c1-11(2)7-8-19-10-14(17)16(18-19)13-6-5-12(20-3)9-15(13)21-4/h5-6,9-11H,7-8,17H2,1-4H3. The molecule has 0 radical (unpaired) electrons. The summed E-state index contributed by atoms with van der Waals surface area (Å²) in [7, 11) is 3.26. The molecule has 0 spiro atoms. The molecule has 5 nitrogen and oxygen atoms in total. The summed E-state index contributed by atoms with van der Waals surface area (Å²) in [5.74, 6) is 2.08. The molecular formula is C16H23N3O2. The number of ether oxygens (including phenoxy) is 2. The van der Waals surface area contributed by atoms with Crippen LogP contribution in [0.3, 0.4) is 0 Å². The number of nitrogens with two attached hydrogens (primary N) is 1. The molecule has 2 aromatic rings. The molecule has 21 heavy (non-hydrogen) atoms. The van der Waals surface area contributed by atoms with Gasteiger partial charge in [0.2, 0.25) is 0 Å². The Hall–Kier alpha value is -2.17. The van der Waals surface area contributed by atoms with Gasteiger partial charge in [-0.2, -0.15) is 5.10 Å². The van der Waals surface area contributed by atoms with E-state index in [9.17, 15) is 0 Å². The highest BCUT2D eigenvalue weighted by Crippen LogP contribution is 2.35. The number of nitrogens with zero attached hydrogens (tertiary/aromatic N) is 2. The average molecular weight is 289 g/mol. The maximum atomic E-state index is 6.10. The van der Waals surface area contributed by atoms with Gasteiger partial charge in [-0.05, 0) is 24.5 Å². The van der Waals surface area contributed by atoms with Crippen molar-refractivity contribution in [3.05, 3.63) is 24.4 Å². The summed E-state index contributed by atoms with van der Waals surface area (Å²) < 4.78 is 12.5. The SMILES string of the molecule is COc1ccc(-c2nn(CCC(C)C)cc2N)c(OC)c1. The number of benzene rings is 1. The molecule has 2 rings (SSSR count). The predicted molar refractivity (Wildman–Crippen MR) is 84.6 cm³/mol. The van der Waals surface area contributed by atoms with Crippen molar-refractivity contribution in [2.75, 3.05) is 20.0 Å². The Morgan fingerprint density at radius 1 is 1.24 bits per heavy atom. The minimum absolute atomic E-state index is 0.634. The van der Waals surface area contributed by atoms with Crippen molar-refractivity contribution in [2.45, 2.75) is 26.8 Å². The van der Waals surface area contributed by atoms with E-state index >= 15 is 0 Å². The van der Waals surface area contributed by atoms with E-state index in [1.54, 1.807) is 14.2 Å². The van der Waals surface area contributed by atoms with E-state index in [1.807, 2.05) is 29.1 Å². The van der Waals surface area contributed by atoms with Crippen LogP contribution < -0.4 is 15.2 Å². The number of hydrogen-bond donors (Lipinski definition) is 1. The van der Waals surface area contributed by atoms with Gasteiger partial charge in [-0.15, -0.1) is 0 Å². The highest BCUT2D eigenvalue weighted by atomic mass is 16.5. The van der Waals surface area contributed by atoms with Gasteiger partial charge in [0.1, 0.15) is 17.2 Å². The van der Waals surface area contributed by atoms with Crippen LogP contribution in [0.15, 0.2) is 24.4 Å². The molecule has 0 fully saturated rings. The molecule has 1 aromatic carbocycles. The molecule has 0 amide bonds. The molecular weight excluding hydrogens is 266 g/mol. The van der Waals surface area contributed by atoms with Crippen molar-refractivity contribution in [1.82, 2.24) is 9.78 Å². The van der Waals surface area contributed by atoms with Crippen LogP contribution in [-0.2, 0) is 6.54 Å². The lowest BCUT2D eigenvalue weighted by atomic mass is 10.1. The van der Waals surface area contributed by atoms with Gasteiger partial charge in [0, 0.05) is 24.4 Å². The largest absolute Gasteiger partial charge is 0.497 e. The summed E-state index contributed by atoms with van der Waals surface area (Å²) in [6.45, 7) is 5.25. The van der Waals surface area contributed by atoms with Gasteiger partial charge in [0.15, 0.2) is 0 Å². The molecule has 0 aliphatic carbocycles. The van der Waals surface area contributed by atoms with Gasteiger partial charge < -0.3 is 15.2 Å². The summed E-state index contributed by atoms with van der Waals surface area (Å²) in [4.78, 5) is 0. The normalized spacial score (nSPS) is 10.9. The average Bonchev–Trinajstić information content (AvgIpc) is 2.85. The van der Waals surface area contributed by atoms with Crippen molar-refractivity contribution < 1.29 is 9.47 Å². The maximum absolute atomic E-state index is 6.10. The molecule has 114 valence electrons. The van der Waals surface area contributed by atoms with E-state index in [0.717, 1.165) is 30.0 Å². The van der Waals surface area contributed by atoms with E-state index in [0.29, 0.717) is 17.4 Å². The second-order valence-electron chi connectivity index (χ2n) is 5.44. The van der Waals surface area contributed by atoms with Gasteiger partial charge in [-0.1, -0.05) is 13.8 Å². The Morgan fingerprint density at radius 3 is 2.62 bits per heavy atom. The molecule has 0 saturated heterocycles. The first kappa shape index (κ1) is 15.2. The van der Waals surface area contributed by atoms with Crippen LogP contribution in [0.2, 0.25) is 0 Å². The summed E-state index contributed by atoms with van der Waals surface area (Å²) in [6.07, 6.45) is 2.95. The molecule has 1 heterocycles. The second kappa shape index (κ2) is 6.52. The minimum atomic E-state index is 0.634. The summed E-state index contributed by atoms with van der Waals surface area (Å²) in [5, 5.41) is 4.59. The predicted octanol–water partition coefficient (Wildman–Crippen LogP) is 3.20. The van der Waals surface area contributed by atoms with Crippen LogP contribution in [0.4, 0.5) is 5.69 Å². The zero-order valence-electron chi connectivity index (χ0n) is 13.1. The van der Waals surface area contributed by atoms with Gasteiger partial charge >= 0.3 is 0 Å². The Bertz CT molecular complexity index is 606. The number of aryl methyl sites for hydroxylation is 1. The van der Waals surface area contributed by atoms with Crippen molar-refractivity contribution in [1.29, 1.82) is 0 Å². The summed E-state index contributed by atoms with van der Waals surface area (Å²) in [5.41, 5.74) is 8.38. The molecule has 0 aliphatic heterocycles. The van der Waals surface area contributed by atoms with E-state index < -0.39 is 0 Å². The smallest absolute Gasteiger partial charge is 0.132 e. The topological polar surface area (TPSA) is 62.3 Å². The van der Waals surface area contributed by atoms with Gasteiger partial charge in [0.05, 0.1) is 19.9 Å². The Morgan fingerprint density at radius 2 is 2.00 bits per heavy atom. The minimum Gasteiger partial charge on any atom is -0.497 e. The fourth-order valence-corrected chi connectivity index (χ4v) is 2.15. The van der Waals surface area contributed by atoms with E-state index in [4.69, 9.17) is 15.2 Å². The molecule has 0 bridgehead atoms. The molecule has 1 aromatic heterocycles. The lowest BCUT2D eigenvalue weighted by Crippen LogP contribution is -2.02. The van der Waals surface area contributed by atoms with Crippen LogP contribution in [-0.4, -0.2) is 24.0 Å². The van der Waals surface area contributed by atoms with Crippen molar-refractivity contribution in [3.63, 3.8) is 0 Å². The third-order valence-corrected chi connectivity index (χ3v) is 3.39. The van der Waals surface area contributed by atoms with Crippen molar-refractivity contribution in [2.24, 2.45) is 5.92 Å². The van der Waals surface area contributed by atoms with Crippen LogP contribution in [0.5, 0.6) is 11.5 Å². The van der Waals surface area contributed by atoms with Crippen LogP contribution in [0.1, 0.15) is 20.3 Å². The number of anilines is 1. The number of methoxy groups -OCH3 is 2. The lowest BCUT2D eigenvalue weighted by Gasteiger charge is -2.09. The van der Waals surface area contributed by atoms with E-state index in [-0.39, 0.29) is 0 Å². The Labute approximate surface area is 125 Å². The molecule has 0 saturated carbocycles. The highest BCUT2D eigenvalue weighted by molar-refractivity contribution is 5.77. The third-order valence-electron chi connectivity index (χ3n) is 3.39. The van der Waals surface area contributed by atoms with Crippen molar-refractivity contribution >= 4 is 5.69 Å². The first-order valence-corrected chi connectivity index (χ1v) is 7.10. The number of aromatic nitrogens is 2. The van der Waals surface area contributed by atoms with E-state index in [2.05, 4.69) is 18.9 Å². The third kappa shape index (κ3) is 3.48. The Balaban J connectivity index is 2.33. The van der Waals surface area contributed by atoms with Crippen LogP contribution in [0.25, 0.3) is 11.3 Å².